The fraction of sp³-hybridized carbons (Fsp3) is 0.0476. The number of para-hydroxylation sites is 4. The smallest absolute Gasteiger partial charge is 0.102 e. The van der Waals surface area contributed by atoms with Gasteiger partial charge < -0.3 is 18.3 Å². The third-order valence-electron chi connectivity index (χ3n) is 19.9. The van der Waals surface area contributed by atoms with Crippen LogP contribution in [0.5, 0.6) is 0 Å². The predicted molar refractivity (Wildman–Crippen MR) is 389 cm³/mol. The molecule has 0 bridgehead atoms. The molecule has 8 heteroatoms. The summed E-state index contributed by atoms with van der Waals surface area (Å²) < 4.78 is 14.3. The van der Waals surface area contributed by atoms with E-state index in [-0.39, 0.29) is 0 Å². The molecule has 0 radical (unpaired) electrons. The normalized spacial score (nSPS) is 12.1. The van der Waals surface area contributed by atoms with Gasteiger partial charge in [0.15, 0.2) is 0 Å². The summed E-state index contributed by atoms with van der Waals surface area (Å²) in [5, 5.41) is 39.5. The van der Waals surface area contributed by atoms with Crippen LogP contribution >= 0.6 is 22.7 Å². The highest BCUT2D eigenvalue weighted by molar-refractivity contribution is 7.27. The van der Waals surface area contributed by atoms with Crippen LogP contribution in [0.4, 0.5) is 0 Å². The molecule has 0 amide bonds. The molecule has 19 rings (SSSR count). The Hall–Kier alpha value is -11.5. The number of rotatable bonds is 6. The van der Waals surface area contributed by atoms with Crippen LogP contribution in [-0.4, -0.2) is 18.3 Å². The first kappa shape index (κ1) is 52.4. The van der Waals surface area contributed by atoms with Crippen LogP contribution in [-0.2, 0) is 0 Å². The van der Waals surface area contributed by atoms with Gasteiger partial charge in [0, 0.05) is 96.5 Å². The van der Waals surface area contributed by atoms with Gasteiger partial charge in [0.25, 0.3) is 0 Å². The molecular formula is C84H52N6S2. The molecule has 6 heterocycles. The first-order valence-electron chi connectivity index (χ1n) is 31.2. The minimum Gasteiger partial charge on any atom is -0.309 e. The van der Waals surface area contributed by atoms with E-state index in [1.807, 2.05) is 0 Å². The van der Waals surface area contributed by atoms with Gasteiger partial charge in [0.1, 0.15) is 12.1 Å². The van der Waals surface area contributed by atoms with Crippen molar-refractivity contribution in [3.05, 3.63) is 276 Å². The second kappa shape index (κ2) is 19.5. The van der Waals surface area contributed by atoms with Gasteiger partial charge in [-0.15, -0.1) is 22.7 Å². The Morgan fingerprint density at radius 2 is 0.663 bits per heavy atom. The van der Waals surface area contributed by atoms with Crippen molar-refractivity contribution < 1.29 is 0 Å². The third-order valence-corrected chi connectivity index (χ3v) is 22.2. The number of benzene rings is 13. The number of nitriles is 2. The topological polar surface area (TPSA) is 67.3 Å². The highest BCUT2D eigenvalue weighted by atomic mass is 32.1. The third kappa shape index (κ3) is 7.05. The van der Waals surface area contributed by atoms with E-state index >= 15 is 0 Å². The quantitative estimate of drug-likeness (QED) is 0.166. The van der Waals surface area contributed by atoms with Crippen molar-refractivity contribution in [2.24, 2.45) is 0 Å². The highest BCUT2D eigenvalue weighted by Crippen LogP contribution is 2.55. The number of hydrogen-bond donors (Lipinski definition) is 0. The zero-order chi connectivity index (χ0) is 61.4. The average molecular weight is 1210 g/mol. The molecule has 0 unspecified atom stereocenters. The van der Waals surface area contributed by atoms with E-state index in [1.165, 1.54) is 31.3 Å². The van der Waals surface area contributed by atoms with Crippen LogP contribution in [0.1, 0.15) is 33.4 Å². The Bertz CT molecular complexity index is 6330. The van der Waals surface area contributed by atoms with Crippen LogP contribution in [0.2, 0.25) is 0 Å². The number of aromatic nitrogens is 4. The number of hydrogen-bond acceptors (Lipinski definition) is 4. The number of thiophene rings is 2. The van der Waals surface area contributed by atoms with Gasteiger partial charge in [-0.25, -0.2) is 0 Å². The SMILES string of the molecule is Cc1cc2c3ccc4c5ccccc5sc4c3n(-c3c(C#N)c(-c4cccc5c4c4ccccc4n5-c4ccccc4)c(C#N)c(-n4c5cc(C)c(C)cc5c5ccc6c7ccccc7sc6c54)c3-c3cccc4c3c3ccccc3n4-c3ccccc3)c2cc1C. The number of fused-ring (bicyclic) bond motifs is 20. The van der Waals surface area contributed by atoms with Gasteiger partial charge in [0.05, 0.1) is 76.0 Å². The summed E-state index contributed by atoms with van der Waals surface area (Å²) in [5.41, 5.74) is 20.0. The maximum Gasteiger partial charge on any atom is 0.102 e. The molecule has 430 valence electrons. The standard InChI is InChI=1S/C84H52N6S2/c1-47-41-63-55-37-39-57-53-25-13-17-35-73(53)91-83(57)81(55)89(71(63)43-49(47)3)79-65(45-85)75(61-29-19-33-69-76(61)59-27-11-15-31-67(59)87(69)51-21-7-5-8-22-51)66(46-86)80(78(79)62-30-20-34-70-77(62)60-28-12-16-32-68(60)88(70)52-23-9-6-10-24-52)90-72-44-50(4)48(2)42-64(72)56-38-40-58-54-26-14-18-36-74(54)92-84(58)82(56)90/h5-44H,1-4H3. The fourth-order valence-corrected chi connectivity index (χ4v) is 18.1. The van der Waals surface area contributed by atoms with Crippen molar-refractivity contribution in [1.82, 2.24) is 18.3 Å². The Labute approximate surface area is 536 Å². The summed E-state index contributed by atoms with van der Waals surface area (Å²) >= 11 is 3.60. The van der Waals surface area contributed by atoms with Gasteiger partial charge in [-0.2, -0.15) is 10.5 Å². The second-order valence-corrected chi connectivity index (χ2v) is 26.8. The summed E-state index contributed by atoms with van der Waals surface area (Å²) in [5.74, 6) is 0. The van der Waals surface area contributed by atoms with Crippen LogP contribution in [0.15, 0.2) is 243 Å². The maximum absolute atomic E-state index is 13.2. The molecule has 0 saturated heterocycles. The van der Waals surface area contributed by atoms with Crippen molar-refractivity contribution in [2.75, 3.05) is 0 Å². The van der Waals surface area contributed by atoms with Crippen molar-refractivity contribution >= 4 is 150 Å². The molecule has 0 atom stereocenters. The highest BCUT2D eigenvalue weighted by Gasteiger charge is 2.36. The molecule has 0 aliphatic rings. The summed E-state index contributed by atoms with van der Waals surface area (Å²) in [4.78, 5) is 0. The van der Waals surface area contributed by atoms with E-state index in [0.29, 0.717) is 28.1 Å². The first-order valence-corrected chi connectivity index (χ1v) is 32.8. The molecule has 0 spiro atoms. The summed E-state index contributed by atoms with van der Waals surface area (Å²) in [6.45, 7) is 8.82. The van der Waals surface area contributed by atoms with Crippen LogP contribution in [0.3, 0.4) is 0 Å². The van der Waals surface area contributed by atoms with E-state index in [2.05, 4.69) is 301 Å². The predicted octanol–water partition coefficient (Wildman–Crippen LogP) is 23.1. The van der Waals surface area contributed by atoms with Crippen molar-refractivity contribution in [3.8, 4) is 57.1 Å². The lowest BCUT2D eigenvalue weighted by Crippen LogP contribution is -2.11. The molecule has 6 nitrogen and oxygen atoms in total. The lowest BCUT2D eigenvalue weighted by Gasteiger charge is -2.26. The lowest BCUT2D eigenvalue weighted by atomic mass is 9.84. The largest absolute Gasteiger partial charge is 0.309 e. The molecule has 0 N–H and O–H groups in total. The zero-order valence-electron chi connectivity index (χ0n) is 50.6. The summed E-state index contributed by atoms with van der Waals surface area (Å²) in [6, 6.07) is 93.8. The van der Waals surface area contributed by atoms with Crippen LogP contribution in [0, 0.1) is 50.4 Å². The van der Waals surface area contributed by atoms with Crippen molar-refractivity contribution in [1.29, 1.82) is 10.5 Å². The fourth-order valence-electron chi connectivity index (χ4n) is 15.6. The van der Waals surface area contributed by atoms with Gasteiger partial charge in [0.2, 0.25) is 0 Å². The summed E-state index contributed by atoms with van der Waals surface area (Å²) in [7, 11) is 0. The monoisotopic (exact) mass is 1210 g/mol. The average Bonchev–Trinajstić information content (AvgIpc) is 1.46. The Morgan fingerprint density at radius 3 is 1.11 bits per heavy atom. The molecule has 6 aromatic heterocycles. The molecule has 0 saturated carbocycles. The molecular weight excluding hydrogens is 1160 g/mol. The van der Waals surface area contributed by atoms with Crippen LogP contribution < -0.4 is 0 Å². The first-order chi connectivity index (χ1) is 45.3. The minimum atomic E-state index is 0.406. The second-order valence-electron chi connectivity index (χ2n) is 24.6. The molecule has 0 aliphatic heterocycles. The van der Waals surface area contributed by atoms with E-state index in [1.54, 1.807) is 22.7 Å². The zero-order valence-corrected chi connectivity index (χ0v) is 52.2. The molecule has 13 aromatic carbocycles. The molecule has 0 aliphatic carbocycles. The van der Waals surface area contributed by atoms with E-state index in [0.717, 1.165) is 147 Å². The molecule has 19 aromatic rings. The lowest BCUT2D eigenvalue weighted by molar-refractivity contribution is 1.12. The van der Waals surface area contributed by atoms with Gasteiger partial charge in [-0.1, -0.05) is 158 Å². The number of aryl methyl sites for hydroxylation is 4. The molecule has 0 fully saturated rings. The molecule has 92 heavy (non-hydrogen) atoms. The van der Waals surface area contributed by atoms with Gasteiger partial charge >= 0.3 is 0 Å². The Balaban J connectivity index is 1.14. The van der Waals surface area contributed by atoms with E-state index < -0.39 is 0 Å². The van der Waals surface area contributed by atoms with Gasteiger partial charge in [-0.05, 0) is 146 Å². The Kier molecular flexibility index (Phi) is 11.1. The minimum absolute atomic E-state index is 0.406. The number of nitrogens with zero attached hydrogens (tertiary/aromatic N) is 6. The Morgan fingerprint density at radius 1 is 0.293 bits per heavy atom. The van der Waals surface area contributed by atoms with Crippen LogP contribution in [0.25, 0.3) is 173 Å². The van der Waals surface area contributed by atoms with Crippen molar-refractivity contribution in [2.45, 2.75) is 27.7 Å². The van der Waals surface area contributed by atoms with E-state index in [4.69, 9.17) is 0 Å². The summed E-state index contributed by atoms with van der Waals surface area (Å²) in [6.07, 6.45) is 0. The maximum atomic E-state index is 13.2. The van der Waals surface area contributed by atoms with Gasteiger partial charge in [-0.3, -0.25) is 0 Å². The van der Waals surface area contributed by atoms with E-state index in [9.17, 15) is 10.5 Å². The van der Waals surface area contributed by atoms with Crippen molar-refractivity contribution in [3.63, 3.8) is 0 Å².